The molecule has 0 heterocycles. The first-order valence-corrected chi connectivity index (χ1v) is 12.2. The zero-order chi connectivity index (χ0) is 21.2. The summed E-state index contributed by atoms with van der Waals surface area (Å²) < 4.78 is 15.6. The first kappa shape index (κ1) is 21.2. The Kier molecular flexibility index (Phi) is 5.10. The number of hydrogen-bond acceptors (Lipinski definition) is 4. The third-order valence-electron chi connectivity index (χ3n) is 8.62. The van der Waals surface area contributed by atoms with E-state index in [1.165, 1.54) is 5.57 Å². The van der Waals surface area contributed by atoms with E-state index in [0.29, 0.717) is 17.8 Å². The predicted octanol–water partition coefficient (Wildman–Crippen LogP) is 3.83. The molecule has 29 heavy (non-hydrogen) atoms. The van der Waals surface area contributed by atoms with Crippen LogP contribution in [0.3, 0.4) is 0 Å². The largest absolute Gasteiger partial charge is 0.470 e. The van der Waals surface area contributed by atoms with Crippen LogP contribution in [0.15, 0.2) is 23.8 Å². The van der Waals surface area contributed by atoms with E-state index in [4.69, 9.17) is 9.79 Å². The van der Waals surface area contributed by atoms with E-state index in [9.17, 15) is 14.2 Å². The molecule has 6 nitrogen and oxygen atoms in total. The highest BCUT2D eigenvalue weighted by molar-refractivity contribution is 7.46. The summed E-state index contributed by atoms with van der Waals surface area (Å²) in [4.78, 5) is 42.8. The maximum absolute atomic E-state index is 12.9. The first-order valence-electron chi connectivity index (χ1n) is 10.6. The molecule has 2 N–H and O–H groups in total. The summed E-state index contributed by atoms with van der Waals surface area (Å²) in [6, 6.07) is 0. The minimum Gasteiger partial charge on any atom is -0.303 e. The average Bonchev–Trinajstić information content (AvgIpc) is 2.90. The summed E-state index contributed by atoms with van der Waals surface area (Å²) in [5, 5.41) is 0. The predicted molar refractivity (Wildman–Crippen MR) is 108 cm³/mol. The number of rotatable bonds is 4. The number of hydrogen-bond donors (Lipinski definition) is 2. The Bertz CT molecular complexity index is 840. The number of fused-ring (bicyclic) bond motifs is 5. The van der Waals surface area contributed by atoms with E-state index < -0.39 is 14.4 Å². The number of ketones is 2. The molecule has 3 saturated carbocycles. The zero-order valence-electron chi connectivity index (χ0n) is 17.3. The molecule has 0 saturated heterocycles. The van der Waals surface area contributed by atoms with E-state index in [2.05, 4.69) is 31.4 Å². The number of carbonyl (C=O) groups excluding carboxylic acids is 2. The molecule has 0 aromatic rings. The van der Waals surface area contributed by atoms with Gasteiger partial charge < -0.3 is 9.79 Å². The summed E-state index contributed by atoms with van der Waals surface area (Å²) in [6.07, 6.45) is 10.5. The second-order valence-corrected chi connectivity index (χ2v) is 11.3. The van der Waals surface area contributed by atoms with E-state index in [1.807, 2.05) is 6.08 Å². The van der Waals surface area contributed by atoms with Gasteiger partial charge in [0, 0.05) is 11.3 Å². The summed E-state index contributed by atoms with van der Waals surface area (Å²) in [6.45, 7) is 6.03. The molecule has 4 aliphatic rings. The standard InChI is InChI=1S/C22H31O6P/c1-13-10-18-16-5-4-14-11-15(23)6-8-21(14,2)17(16)7-9-22(18,3)20(13)19(24)12-28-29(25,26)27/h6,8,11,13,16-18,20H,4-5,7,9-10,12H2,1-3H3,(H2,25,26,27)/t13-,16-,17+,18+,20-,21+,22+/m1/s1. The van der Waals surface area contributed by atoms with Crippen LogP contribution < -0.4 is 0 Å². The monoisotopic (exact) mass is 422 g/mol. The van der Waals surface area contributed by atoms with Crippen molar-refractivity contribution in [3.8, 4) is 0 Å². The van der Waals surface area contributed by atoms with Gasteiger partial charge in [-0.25, -0.2) is 4.57 Å². The molecule has 3 fully saturated rings. The normalized spacial score (nSPS) is 44.0. The summed E-state index contributed by atoms with van der Waals surface area (Å²) in [5.74, 6) is 1.22. The Labute approximate surface area is 172 Å². The maximum Gasteiger partial charge on any atom is 0.470 e. The zero-order valence-corrected chi connectivity index (χ0v) is 18.2. The number of phosphoric acid groups is 1. The quantitative estimate of drug-likeness (QED) is 0.668. The van der Waals surface area contributed by atoms with Crippen LogP contribution in [0.25, 0.3) is 0 Å². The van der Waals surface area contributed by atoms with Crippen molar-refractivity contribution in [1.82, 2.24) is 0 Å². The molecular formula is C22H31O6P. The van der Waals surface area contributed by atoms with Crippen LogP contribution in [0.2, 0.25) is 0 Å². The summed E-state index contributed by atoms with van der Waals surface area (Å²) in [5.41, 5.74) is 1.01. The lowest BCUT2D eigenvalue weighted by Crippen LogP contribution is -2.50. The van der Waals surface area contributed by atoms with Crippen molar-refractivity contribution in [2.45, 2.75) is 52.9 Å². The number of Topliss-reactive ketones (excluding diaryl/α,β-unsaturated/α-hetero) is 1. The maximum atomic E-state index is 12.9. The van der Waals surface area contributed by atoms with Crippen molar-refractivity contribution < 1.29 is 28.5 Å². The third kappa shape index (κ3) is 3.42. The van der Waals surface area contributed by atoms with E-state index >= 15 is 0 Å². The van der Waals surface area contributed by atoms with E-state index in [1.54, 1.807) is 6.08 Å². The lowest BCUT2D eigenvalue weighted by atomic mass is 9.47. The summed E-state index contributed by atoms with van der Waals surface area (Å²) >= 11 is 0. The highest BCUT2D eigenvalue weighted by atomic mass is 31.2. The molecule has 0 bridgehead atoms. The molecular weight excluding hydrogens is 391 g/mol. The molecule has 7 heteroatoms. The highest BCUT2D eigenvalue weighted by Crippen LogP contribution is 2.67. The fourth-order valence-corrected chi connectivity index (χ4v) is 7.78. The van der Waals surface area contributed by atoms with Crippen LogP contribution in [0, 0.1) is 40.4 Å². The van der Waals surface area contributed by atoms with Gasteiger partial charge in [-0.2, -0.15) is 0 Å². The van der Waals surface area contributed by atoms with Gasteiger partial charge in [-0.05, 0) is 73.3 Å². The molecule has 4 aliphatic carbocycles. The molecule has 0 amide bonds. The van der Waals surface area contributed by atoms with Gasteiger partial charge in [0.05, 0.1) is 0 Å². The second kappa shape index (κ2) is 6.98. The van der Waals surface area contributed by atoms with Crippen molar-refractivity contribution in [2.24, 2.45) is 40.4 Å². The van der Waals surface area contributed by atoms with Crippen molar-refractivity contribution in [3.05, 3.63) is 23.8 Å². The summed E-state index contributed by atoms with van der Waals surface area (Å²) in [7, 11) is -4.65. The highest BCUT2D eigenvalue weighted by Gasteiger charge is 2.61. The third-order valence-corrected chi connectivity index (χ3v) is 9.09. The molecule has 0 radical (unpaired) electrons. The molecule has 7 atom stereocenters. The van der Waals surface area contributed by atoms with Gasteiger partial charge in [0.15, 0.2) is 11.6 Å². The van der Waals surface area contributed by atoms with E-state index in [-0.39, 0.29) is 34.2 Å². The minimum atomic E-state index is -4.65. The molecule has 0 aromatic heterocycles. The van der Waals surface area contributed by atoms with Gasteiger partial charge in [0.2, 0.25) is 0 Å². The van der Waals surface area contributed by atoms with Gasteiger partial charge >= 0.3 is 7.82 Å². The number of carbonyl (C=O) groups is 2. The van der Waals surface area contributed by atoms with Crippen molar-refractivity contribution in [2.75, 3.05) is 6.61 Å². The Morgan fingerprint density at radius 3 is 2.69 bits per heavy atom. The fraction of sp³-hybridized carbons (Fsp3) is 0.727. The Hall–Kier alpha value is -1.07. The van der Waals surface area contributed by atoms with Crippen LogP contribution in [0.1, 0.15) is 52.9 Å². The van der Waals surface area contributed by atoms with Gasteiger partial charge in [-0.3, -0.25) is 14.1 Å². The van der Waals surface area contributed by atoms with E-state index in [0.717, 1.165) is 32.1 Å². The molecule has 0 aliphatic heterocycles. The fourth-order valence-electron chi connectivity index (χ4n) is 7.48. The molecule has 0 spiro atoms. The van der Waals surface area contributed by atoms with Gasteiger partial charge in [0.1, 0.15) is 6.61 Å². The Morgan fingerprint density at radius 1 is 1.28 bits per heavy atom. The Balaban J connectivity index is 1.59. The van der Waals surface area contributed by atoms with Crippen LogP contribution in [0.4, 0.5) is 0 Å². The molecule has 0 aromatic carbocycles. The average molecular weight is 422 g/mol. The lowest BCUT2D eigenvalue weighted by Gasteiger charge is -2.56. The van der Waals surface area contributed by atoms with Gasteiger partial charge in [-0.15, -0.1) is 0 Å². The smallest absolute Gasteiger partial charge is 0.303 e. The molecule has 4 rings (SSSR count). The lowest BCUT2D eigenvalue weighted by molar-refractivity contribution is -0.133. The topological polar surface area (TPSA) is 101 Å². The van der Waals surface area contributed by atoms with Crippen LogP contribution in [-0.4, -0.2) is 28.0 Å². The number of allylic oxidation sites excluding steroid dienone is 4. The minimum absolute atomic E-state index is 0.0764. The van der Waals surface area contributed by atoms with Crippen LogP contribution in [0.5, 0.6) is 0 Å². The van der Waals surface area contributed by atoms with Crippen LogP contribution in [-0.2, 0) is 18.7 Å². The van der Waals surface area contributed by atoms with Crippen molar-refractivity contribution in [1.29, 1.82) is 0 Å². The Morgan fingerprint density at radius 2 is 2.00 bits per heavy atom. The molecule has 0 unspecified atom stereocenters. The molecule has 160 valence electrons. The SMILES string of the molecule is C[C@@H]1C[C@H]2[C@@H]3CCC4=CC(=O)C=C[C@]4(C)[C@H]3CC[C@]2(C)[C@H]1C(=O)COP(=O)(O)O. The second-order valence-electron chi connectivity index (χ2n) is 10.1. The number of phosphoric ester groups is 1. The van der Waals surface area contributed by atoms with Gasteiger partial charge in [0.25, 0.3) is 0 Å². The van der Waals surface area contributed by atoms with Crippen molar-refractivity contribution >= 4 is 19.4 Å². The first-order chi connectivity index (χ1) is 13.5. The van der Waals surface area contributed by atoms with Crippen molar-refractivity contribution in [3.63, 3.8) is 0 Å². The van der Waals surface area contributed by atoms with Gasteiger partial charge in [-0.1, -0.05) is 32.4 Å². The van der Waals surface area contributed by atoms with Crippen LogP contribution >= 0.6 is 7.82 Å².